The molecule has 35 heavy (non-hydrogen) atoms. The summed E-state index contributed by atoms with van der Waals surface area (Å²) < 4.78 is 16.3. The second kappa shape index (κ2) is 13.4. The predicted molar refractivity (Wildman–Crippen MR) is 136 cm³/mol. The molecular weight excluding hydrogens is 491 g/mol. The number of hydrazone groups is 1. The van der Waals surface area contributed by atoms with Crippen LogP contribution in [-0.2, 0) is 4.79 Å². The Kier molecular flexibility index (Phi) is 9.95. The quantitative estimate of drug-likeness (QED) is 0.113. The number of nitrogens with zero attached hydrogens (tertiary/aromatic N) is 1. The van der Waals surface area contributed by atoms with Gasteiger partial charge in [-0.2, -0.15) is 5.10 Å². The van der Waals surface area contributed by atoms with Crippen molar-refractivity contribution in [3.8, 4) is 17.2 Å². The Morgan fingerprint density at radius 2 is 1.66 bits per heavy atom. The first kappa shape index (κ1) is 26.1. The lowest BCUT2D eigenvalue weighted by Gasteiger charge is -2.08. The van der Waals surface area contributed by atoms with Crippen LogP contribution in [0.3, 0.4) is 0 Å². The van der Waals surface area contributed by atoms with E-state index in [4.69, 9.17) is 37.4 Å². The van der Waals surface area contributed by atoms with Crippen molar-refractivity contribution in [3.05, 3.63) is 87.9 Å². The molecule has 0 aromatic heterocycles. The summed E-state index contributed by atoms with van der Waals surface area (Å²) in [5.74, 6) is 0.458. The van der Waals surface area contributed by atoms with E-state index in [0.29, 0.717) is 40.0 Å². The second-order valence-electron chi connectivity index (χ2n) is 7.32. The molecule has 9 heteroatoms. The van der Waals surface area contributed by atoms with Crippen molar-refractivity contribution in [2.24, 2.45) is 5.10 Å². The molecule has 182 valence electrons. The van der Waals surface area contributed by atoms with Crippen LogP contribution in [0, 0.1) is 0 Å². The van der Waals surface area contributed by atoms with Gasteiger partial charge in [0.05, 0.1) is 23.4 Å². The molecule has 0 fully saturated rings. The number of hydrogen-bond acceptors (Lipinski definition) is 6. The van der Waals surface area contributed by atoms with Crippen LogP contribution in [0.15, 0.2) is 71.8 Å². The molecule has 0 saturated carbocycles. The zero-order valence-corrected chi connectivity index (χ0v) is 20.5. The minimum absolute atomic E-state index is 0.236. The number of carbonyl (C=O) groups is 2. The van der Waals surface area contributed by atoms with Gasteiger partial charge in [0.15, 0.2) is 6.61 Å². The molecule has 3 rings (SSSR count). The van der Waals surface area contributed by atoms with E-state index in [0.717, 1.165) is 12.8 Å². The van der Waals surface area contributed by atoms with E-state index >= 15 is 0 Å². The predicted octanol–water partition coefficient (Wildman–Crippen LogP) is 5.92. The third-order valence-corrected chi connectivity index (χ3v) is 5.43. The Bertz CT molecular complexity index is 1170. The zero-order valence-electron chi connectivity index (χ0n) is 19.0. The fourth-order valence-electron chi connectivity index (χ4n) is 2.76. The minimum atomic E-state index is -0.474. The molecule has 0 bridgehead atoms. The van der Waals surface area contributed by atoms with Gasteiger partial charge in [-0.25, -0.2) is 10.2 Å². The number of ether oxygens (including phenoxy) is 3. The first-order chi connectivity index (χ1) is 17.0. The average molecular weight is 515 g/mol. The highest BCUT2D eigenvalue weighted by molar-refractivity contribution is 6.42. The first-order valence-corrected chi connectivity index (χ1v) is 11.7. The highest BCUT2D eigenvalue weighted by Crippen LogP contribution is 2.31. The second-order valence-corrected chi connectivity index (χ2v) is 8.10. The van der Waals surface area contributed by atoms with Crippen LogP contribution in [-0.4, -0.2) is 31.3 Å². The largest absolute Gasteiger partial charge is 0.494 e. The number of carbonyl (C=O) groups excluding carboxylic acids is 2. The maximum atomic E-state index is 12.4. The molecule has 1 N–H and O–H groups in total. The molecule has 0 unspecified atom stereocenters. The molecule has 3 aromatic carbocycles. The van der Waals surface area contributed by atoms with E-state index in [2.05, 4.69) is 17.5 Å². The van der Waals surface area contributed by atoms with E-state index in [-0.39, 0.29) is 11.6 Å². The van der Waals surface area contributed by atoms with Crippen LogP contribution in [0.5, 0.6) is 17.2 Å². The van der Waals surface area contributed by atoms with Gasteiger partial charge in [0.2, 0.25) is 0 Å². The van der Waals surface area contributed by atoms with Crippen molar-refractivity contribution in [2.45, 2.75) is 19.8 Å². The molecule has 0 saturated heterocycles. The van der Waals surface area contributed by atoms with Gasteiger partial charge >= 0.3 is 5.97 Å². The van der Waals surface area contributed by atoms with Gasteiger partial charge in [-0.05, 0) is 72.6 Å². The molecule has 1 amide bonds. The van der Waals surface area contributed by atoms with E-state index < -0.39 is 11.9 Å². The number of hydrogen-bond donors (Lipinski definition) is 1. The van der Waals surface area contributed by atoms with Crippen LogP contribution in [0.4, 0.5) is 0 Å². The summed E-state index contributed by atoms with van der Waals surface area (Å²) >= 11 is 11.9. The summed E-state index contributed by atoms with van der Waals surface area (Å²) in [6.07, 6.45) is 3.48. The Morgan fingerprint density at radius 3 is 2.37 bits per heavy atom. The molecule has 0 atom stereocenters. The van der Waals surface area contributed by atoms with Crippen LogP contribution in [0.25, 0.3) is 0 Å². The maximum Gasteiger partial charge on any atom is 0.343 e. The lowest BCUT2D eigenvalue weighted by atomic mass is 10.2. The smallest absolute Gasteiger partial charge is 0.343 e. The number of esters is 1. The fraction of sp³-hybridized carbons (Fsp3) is 0.192. The molecule has 0 spiro atoms. The fourth-order valence-corrected chi connectivity index (χ4v) is 3.11. The Balaban J connectivity index is 1.44. The van der Waals surface area contributed by atoms with Crippen LogP contribution in [0.2, 0.25) is 10.0 Å². The molecule has 0 aliphatic rings. The number of benzene rings is 3. The normalized spacial score (nSPS) is 10.7. The highest BCUT2D eigenvalue weighted by atomic mass is 35.5. The number of amides is 1. The zero-order chi connectivity index (χ0) is 25.0. The van der Waals surface area contributed by atoms with Crippen LogP contribution in [0.1, 0.15) is 35.7 Å². The summed E-state index contributed by atoms with van der Waals surface area (Å²) in [6, 6.07) is 18.4. The summed E-state index contributed by atoms with van der Waals surface area (Å²) in [5.41, 5.74) is 3.47. The monoisotopic (exact) mass is 514 g/mol. The van der Waals surface area contributed by atoms with Crippen molar-refractivity contribution >= 4 is 41.3 Å². The molecule has 0 aliphatic carbocycles. The standard InChI is InChI=1S/C26H24Cl2N2O5/c1-2-3-15-33-20-13-9-19(10-14-20)26(32)35-21-11-7-18(8-12-21)16-29-30-24(31)17-34-23-6-4-5-22(27)25(23)28/h4-14,16H,2-3,15,17H2,1H3,(H,30,31). The Labute approximate surface area is 213 Å². The van der Waals surface area contributed by atoms with Crippen LogP contribution < -0.4 is 19.6 Å². The third-order valence-electron chi connectivity index (χ3n) is 4.63. The van der Waals surface area contributed by atoms with Gasteiger partial charge in [-0.15, -0.1) is 0 Å². The average Bonchev–Trinajstić information content (AvgIpc) is 2.86. The van der Waals surface area contributed by atoms with Crippen molar-refractivity contribution in [3.63, 3.8) is 0 Å². The Morgan fingerprint density at radius 1 is 0.943 bits per heavy atom. The molecular formula is C26H24Cl2N2O5. The molecule has 3 aromatic rings. The van der Waals surface area contributed by atoms with E-state index in [9.17, 15) is 9.59 Å². The van der Waals surface area contributed by atoms with Gasteiger partial charge in [0.1, 0.15) is 22.3 Å². The summed E-state index contributed by atoms with van der Waals surface area (Å²) in [4.78, 5) is 24.3. The maximum absolute atomic E-state index is 12.4. The van der Waals surface area contributed by atoms with Crippen molar-refractivity contribution in [1.82, 2.24) is 5.43 Å². The van der Waals surface area contributed by atoms with Crippen molar-refractivity contribution in [2.75, 3.05) is 13.2 Å². The van der Waals surface area contributed by atoms with E-state index in [1.807, 2.05) is 0 Å². The minimum Gasteiger partial charge on any atom is -0.494 e. The van der Waals surface area contributed by atoms with E-state index in [1.54, 1.807) is 66.7 Å². The summed E-state index contributed by atoms with van der Waals surface area (Å²) in [6.45, 7) is 2.46. The SMILES string of the molecule is CCCCOc1ccc(C(=O)Oc2ccc(C=NNC(=O)COc3cccc(Cl)c3Cl)cc2)cc1. The van der Waals surface area contributed by atoms with E-state index in [1.165, 1.54) is 6.21 Å². The lowest BCUT2D eigenvalue weighted by Crippen LogP contribution is -2.24. The molecule has 7 nitrogen and oxygen atoms in total. The Hall–Kier alpha value is -3.55. The van der Waals surface area contributed by atoms with Gasteiger partial charge in [0, 0.05) is 0 Å². The number of halogens is 2. The number of rotatable bonds is 11. The van der Waals surface area contributed by atoms with Crippen molar-refractivity contribution in [1.29, 1.82) is 0 Å². The van der Waals surface area contributed by atoms with Gasteiger partial charge in [0.25, 0.3) is 5.91 Å². The van der Waals surface area contributed by atoms with Gasteiger partial charge in [-0.3, -0.25) is 4.79 Å². The number of nitrogens with one attached hydrogen (secondary N) is 1. The summed E-state index contributed by atoms with van der Waals surface area (Å²) in [5, 5.41) is 4.45. The summed E-state index contributed by atoms with van der Waals surface area (Å²) in [7, 11) is 0. The third kappa shape index (κ3) is 8.31. The van der Waals surface area contributed by atoms with Crippen molar-refractivity contribution < 1.29 is 23.8 Å². The van der Waals surface area contributed by atoms with Gasteiger partial charge in [-0.1, -0.05) is 42.6 Å². The highest BCUT2D eigenvalue weighted by Gasteiger charge is 2.10. The number of unbranched alkanes of at least 4 members (excludes halogenated alkanes) is 1. The lowest BCUT2D eigenvalue weighted by molar-refractivity contribution is -0.123. The van der Waals surface area contributed by atoms with Crippen LogP contribution >= 0.6 is 23.2 Å². The molecule has 0 radical (unpaired) electrons. The topological polar surface area (TPSA) is 86.2 Å². The first-order valence-electron chi connectivity index (χ1n) is 10.9. The van der Waals surface area contributed by atoms with Gasteiger partial charge < -0.3 is 14.2 Å². The molecule has 0 heterocycles. The molecule has 0 aliphatic heterocycles.